The van der Waals surface area contributed by atoms with Gasteiger partial charge >= 0.3 is 0 Å². The SMILES string of the molecule is Cc1nn(-c2ccccc2)c(C)c1CC(=O)N1CCn2cccc2C1c1ccccc1. The maximum absolute atomic E-state index is 13.6. The fourth-order valence-electron chi connectivity index (χ4n) is 4.64. The van der Waals surface area contributed by atoms with E-state index < -0.39 is 0 Å². The first-order valence-corrected chi connectivity index (χ1v) is 10.7. The van der Waals surface area contributed by atoms with Crippen molar-refractivity contribution in [1.29, 1.82) is 0 Å². The lowest BCUT2D eigenvalue weighted by Crippen LogP contribution is -2.43. The van der Waals surface area contributed by atoms with Crippen molar-refractivity contribution in [2.45, 2.75) is 32.9 Å². The molecule has 0 spiro atoms. The van der Waals surface area contributed by atoms with E-state index in [1.54, 1.807) is 0 Å². The number of carbonyl (C=O) groups is 1. The van der Waals surface area contributed by atoms with Gasteiger partial charge in [-0.05, 0) is 43.7 Å². The van der Waals surface area contributed by atoms with Crippen LogP contribution in [0.4, 0.5) is 0 Å². The average Bonchev–Trinajstić information content (AvgIpc) is 3.39. The van der Waals surface area contributed by atoms with E-state index >= 15 is 0 Å². The van der Waals surface area contributed by atoms with E-state index in [0.717, 1.165) is 34.7 Å². The number of aromatic nitrogens is 3. The van der Waals surface area contributed by atoms with Crippen LogP contribution < -0.4 is 0 Å². The molecule has 5 rings (SSSR count). The standard InChI is InChI=1S/C26H26N4O/c1-19-23(20(2)30(27-19)22-12-7-4-8-13-22)18-25(31)29-17-16-28-15-9-14-24(28)26(29)21-10-5-3-6-11-21/h3-15,26H,16-18H2,1-2H3. The number of nitrogens with zero attached hydrogens (tertiary/aromatic N) is 4. The van der Waals surface area contributed by atoms with Gasteiger partial charge in [-0.2, -0.15) is 5.10 Å². The molecule has 31 heavy (non-hydrogen) atoms. The third kappa shape index (κ3) is 3.46. The summed E-state index contributed by atoms with van der Waals surface area (Å²) in [5.41, 5.74) is 6.27. The molecule has 1 aliphatic rings. The fourth-order valence-corrected chi connectivity index (χ4v) is 4.64. The van der Waals surface area contributed by atoms with Crippen LogP contribution in [0, 0.1) is 13.8 Å². The molecule has 0 saturated heterocycles. The number of aryl methyl sites for hydroxylation is 1. The highest BCUT2D eigenvalue weighted by Gasteiger charge is 2.32. The van der Waals surface area contributed by atoms with Crippen LogP contribution in [-0.4, -0.2) is 31.7 Å². The first-order valence-electron chi connectivity index (χ1n) is 10.7. The molecule has 2 aromatic heterocycles. The molecule has 0 saturated carbocycles. The summed E-state index contributed by atoms with van der Waals surface area (Å²) >= 11 is 0. The maximum atomic E-state index is 13.6. The molecule has 156 valence electrons. The Morgan fingerprint density at radius 3 is 2.39 bits per heavy atom. The predicted octanol–water partition coefficient (Wildman–Crippen LogP) is 4.46. The predicted molar refractivity (Wildman–Crippen MR) is 121 cm³/mol. The van der Waals surface area contributed by atoms with Gasteiger partial charge in [-0.1, -0.05) is 48.5 Å². The molecule has 0 radical (unpaired) electrons. The fraction of sp³-hybridized carbons (Fsp3) is 0.231. The molecule has 2 aromatic carbocycles. The molecule has 0 aliphatic carbocycles. The van der Waals surface area contributed by atoms with E-state index in [4.69, 9.17) is 5.10 Å². The van der Waals surface area contributed by atoms with Crippen LogP contribution in [0.1, 0.15) is 34.3 Å². The number of fused-ring (bicyclic) bond motifs is 1. The number of carbonyl (C=O) groups excluding carboxylic acids is 1. The zero-order valence-corrected chi connectivity index (χ0v) is 17.9. The summed E-state index contributed by atoms with van der Waals surface area (Å²) in [6.45, 7) is 5.56. The van der Waals surface area contributed by atoms with Gasteiger partial charge in [0, 0.05) is 36.2 Å². The number of benzene rings is 2. The van der Waals surface area contributed by atoms with Crippen LogP contribution in [0.2, 0.25) is 0 Å². The minimum absolute atomic E-state index is 0.0674. The van der Waals surface area contributed by atoms with Gasteiger partial charge in [0.25, 0.3) is 0 Å². The first kappa shape index (κ1) is 19.4. The molecular formula is C26H26N4O. The quantitative estimate of drug-likeness (QED) is 0.498. The summed E-state index contributed by atoms with van der Waals surface area (Å²) in [5, 5.41) is 4.73. The highest BCUT2D eigenvalue weighted by Crippen LogP contribution is 2.33. The normalized spacial score (nSPS) is 15.7. The van der Waals surface area contributed by atoms with E-state index in [-0.39, 0.29) is 11.9 Å². The Morgan fingerprint density at radius 1 is 0.935 bits per heavy atom. The first-order chi connectivity index (χ1) is 15.1. The molecular weight excluding hydrogens is 384 g/mol. The summed E-state index contributed by atoms with van der Waals surface area (Å²) in [6, 6.07) is 24.5. The van der Waals surface area contributed by atoms with Gasteiger partial charge in [0.15, 0.2) is 0 Å². The second-order valence-electron chi connectivity index (χ2n) is 8.10. The summed E-state index contributed by atoms with van der Waals surface area (Å²) in [4.78, 5) is 15.6. The van der Waals surface area contributed by atoms with E-state index in [1.807, 2.05) is 72.0 Å². The Bertz CT molecular complexity index is 1210. The van der Waals surface area contributed by atoms with Crippen molar-refractivity contribution in [3.05, 3.63) is 107 Å². The number of hydrogen-bond donors (Lipinski definition) is 0. The lowest BCUT2D eigenvalue weighted by atomic mass is 9.98. The number of amides is 1. The Morgan fingerprint density at radius 2 is 1.65 bits per heavy atom. The van der Waals surface area contributed by atoms with Crippen molar-refractivity contribution in [3.63, 3.8) is 0 Å². The average molecular weight is 411 g/mol. The van der Waals surface area contributed by atoms with E-state index in [2.05, 4.69) is 35.0 Å². The molecule has 1 unspecified atom stereocenters. The molecule has 1 atom stereocenters. The van der Waals surface area contributed by atoms with E-state index in [0.29, 0.717) is 13.0 Å². The van der Waals surface area contributed by atoms with Crippen molar-refractivity contribution >= 4 is 5.91 Å². The molecule has 1 amide bonds. The molecule has 3 heterocycles. The van der Waals surface area contributed by atoms with E-state index in [9.17, 15) is 4.79 Å². The van der Waals surface area contributed by atoms with Gasteiger partial charge in [-0.25, -0.2) is 4.68 Å². The molecule has 5 nitrogen and oxygen atoms in total. The minimum Gasteiger partial charge on any atom is -0.348 e. The lowest BCUT2D eigenvalue weighted by molar-refractivity contribution is -0.133. The molecule has 4 aromatic rings. The summed E-state index contributed by atoms with van der Waals surface area (Å²) < 4.78 is 4.19. The van der Waals surface area contributed by atoms with Gasteiger partial charge in [0.1, 0.15) is 0 Å². The van der Waals surface area contributed by atoms with Crippen molar-refractivity contribution in [2.75, 3.05) is 6.54 Å². The van der Waals surface area contributed by atoms with Crippen molar-refractivity contribution in [1.82, 2.24) is 19.2 Å². The monoisotopic (exact) mass is 410 g/mol. The third-order valence-electron chi connectivity index (χ3n) is 6.24. The molecule has 0 fully saturated rings. The minimum atomic E-state index is -0.0674. The Labute approximate surface area is 182 Å². The lowest BCUT2D eigenvalue weighted by Gasteiger charge is -2.37. The molecule has 5 heteroatoms. The zero-order valence-electron chi connectivity index (χ0n) is 17.9. The van der Waals surface area contributed by atoms with Crippen molar-refractivity contribution < 1.29 is 4.79 Å². The molecule has 0 N–H and O–H groups in total. The highest BCUT2D eigenvalue weighted by molar-refractivity contribution is 5.80. The van der Waals surface area contributed by atoms with Crippen LogP contribution >= 0.6 is 0 Å². The maximum Gasteiger partial charge on any atom is 0.228 e. The number of rotatable bonds is 4. The Kier molecular flexibility index (Phi) is 4.94. The summed E-state index contributed by atoms with van der Waals surface area (Å²) in [7, 11) is 0. The van der Waals surface area contributed by atoms with E-state index in [1.165, 1.54) is 5.69 Å². The van der Waals surface area contributed by atoms with Crippen molar-refractivity contribution in [2.24, 2.45) is 0 Å². The summed E-state index contributed by atoms with van der Waals surface area (Å²) in [5.74, 6) is 0.139. The van der Waals surface area contributed by atoms with Crippen LogP contribution in [0.5, 0.6) is 0 Å². The van der Waals surface area contributed by atoms with Crippen LogP contribution in [-0.2, 0) is 17.8 Å². The van der Waals surface area contributed by atoms with Gasteiger partial charge in [0.05, 0.1) is 23.8 Å². The van der Waals surface area contributed by atoms with Gasteiger partial charge < -0.3 is 9.47 Å². The Balaban J connectivity index is 1.47. The Hall–Kier alpha value is -3.60. The van der Waals surface area contributed by atoms with Crippen molar-refractivity contribution in [3.8, 4) is 5.69 Å². The van der Waals surface area contributed by atoms with Crippen LogP contribution in [0.3, 0.4) is 0 Å². The number of hydrogen-bond acceptors (Lipinski definition) is 2. The number of para-hydroxylation sites is 1. The van der Waals surface area contributed by atoms with Crippen LogP contribution in [0.25, 0.3) is 5.69 Å². The topological polar surface area (TPSA) is 43.1 Å². The largest absolute Gasteiger partial charge is 0.348 e. The van der Waals surface area contributed by atoms with Crippen LogP contribution in [0.15, 0.2) is 79.0 Å². The molecule has 0 bridgehead atoms. The zero-order chi connectivity index (χ0) is 21.4. The van der Waals surface area contributed by atoms with Gasteiger partial charge in [0.2, 0.25) is 5.91 Å². The molecule has 1 aliphatic heterocycles. The summed E-state index contributed by atoms with van der Waals surface area (Å²) in [6.07, 6.45) is 2.46. The van der Waals surface area contributed by atoms with Gasteiger partial charge in [-0.15, -0.1) is 0 Å². The second-order valence-corrected chi connectivity index (χ2v) is 8.10. The van der Waals surface area contributed by atoms with Gasteiger partial charge in [-0.3, -0.25) is 4.79 Å². The highest BCUT2D eigenvalue weighted by atomic mass is 16.2. The smallest absolute Gasteiger partial charge is 0.228 e. The third-order valence-corrected chi connectivity index (χ3v) is 6.24. The second kappa shape index (κ2) is 7.91.